The zero-order valence-electron chi connectivity index (χ0n) is 18.8. The van der Waals surface area contributed by atoms with Crippen LogP contribution in [0.4, 0.5) is 5.69 Å². The van der Waals surface area contributed by atoms with E-state index in [1.165, 1.54) is 7.11 Å². The van der Waals surface area contributed by atoms with E-state index in [4.69, 9.17) is 30.2 Å². The van der Waals surface area contributed by atoms with Crippen LogP contribution in [0.3, 0.4) is 0 Å². The standard InChI is InChI=1S/C21H22N4O3.C2H4O3/c1-5-28-21-18-17(14-7-6-13(9-22)8-15(14)27-4)16(20(23)26)12(3)25-19(18)11(2)10-24-21;3-1-2(4)5/h6-8,10,17,25H,5H2,1-4H3,(H2,23,26);3H,1H2,(H,4,5)/t17-;/m1./s1. The van der Waals surface area contributed by atoms with Gasteiger partial charge in [0.05, 0.1) is 42.5 Å². The highest BCUT2D eigenvalue weighted by Crippen LogP contribution is 2.48. The molecule has 0 saturated heterocycles. The minimum absolute atomic E-state index is 0.406. The van der Waals surface area contributed by atoms with Crippen molar-refractivity contribution >= 4 is 17.6 Å². The number of ether oxygens (including phenoxy) is 2. The number of carboxylic acids is 1. The summed E-state index contributed by atoms with van der Waals surface area (Å²) in [4.78, 5) is 26.0. The van der Waals surface area contributed by atoms with E-state index in [-0.39, 0.29) is 0 Å². The zero-order chi connectivity index (χ0) is 24.7. The highest BCUT2D eigenvalue weighted by molar-refractivity contribution is 5.98. The summed E-state index contributed by atoms with van der Waals surface area (Å²) in [5.41, 5.74) is 10.5. The number of hydrogen-bond acceptors (Lipinski definition) is 8. The van der Waals surface area contributed by atoms with Gasteiger partial charge < -0.3 is 30.7 Å². The number of nitrogens with zero attached hydrogens (tertiary/aromatic N) is 2. The molecule has 174 valence electrons. The number of allylic oxidation sites excluding steroid dienone is 1. The van der Waals surface area contributed by atoms with Gasteiger partial charge in [0.25, 0.3) is 0 Å². The van der Waals surface area contributed by atoms with Crippen LogP contribution in [0.1, 0.15) is 42.0 Å². The first-order valence-corrected chi connectivity index (χ1v) is 10.0. The Hall–Kier alpha value is -4.10. The Labute approximate surface area is 191 Å². The fourth-order valence-electron chi connectivity index (χ4n) is 3.57. The minimum Gasteiger partial charge on any atom is -0.496 e. The van der Waals surface area contributed by atoms with Crippen LogP contribution in [0.5, 0.6) is 11.6 Å². The van der Waals surface area contributed by atoms with Crippen molar-refractivity contribution < 1.29 is 29.3 Å². The number of hydrogen-bond donors (Lipinski definition) is 4. The molecule has 33 heavy (non-hydrogen) atoms. The third-order valence-electron chi connectivity index (χ3n) is 4.92. The number of fused-ring (bicyclic) bond motifs is 1. The maximum Gasteiger partial charge on any atom is 0.329 e. The monoisotopic (exact) mass is 454 g/mol. The van der Waals surface area contributed by atoms with Crippen molar-refractivity contribution in [2.75, 3.05) is 25.6 Å². The number of rotatable bonds is 6. The summed E-state index contributed by atoms with van der Waals surface area (Å²) in [7, 11) is 1.53. The molecule has 1 aliphatic heterocycles. The van der Waals surface area contributed by atoms with Crippen molar-refractivity contribution in [1.29, 1.82) is 5.26 Å². The van der Waals surface area contributed by atoms with Crippen LogP contribution >= 0.6 is 0 Å². The normalized spacial score (nSPS) is 14.1. The molecule has 0 aliphatic carbocycles. The maximum absolute atomic E-state index is 12.4. The average Bonchev–Trinajstić information content (AvgIpc) is 2.80. The van der Waals surface area contributed by atoms with Gasteiger partial charge in [0.2, 0.25) is 11.8 Å². The first-order valence-electron chi connectivity index (χ1n) is 10.0. The molecular weight excluding hydrogens is 428 g/mol. The number of aromatic nitrogens is 1. The van der Waals surface area contributed by atoms with E-state index >= 15 is 0 Å². The summed E-state index contributed by atoms with van der Waals surface area (Å²) >= 11 is 0. The Morgan fingerprint density at radius 1 is 1.33 bits per heavy atom. The van der Waals surface area contributed by atoms with E-state index in [1.54, 1.807) is 24.4 Å². The molecule has 2 aromatic rings. The lowest BCUT2D eigenvalue weighted by atomic mass is 9.79. The topological polar surface area (TPSA) is 168 Å². The van der Waals surface area contributed by atoms with Gasteiger partial charge in [-0.25, -0.2) is 9.78 Å². The van der Waals surface area contributed by atoms with Gasteiger partial charge in [-0.15, -0.1) is 0 Å². The van der Waals surface area contributed by atoms with Gasteiger partial charge in [-0.2, -0.15) is 5.26 Å². The first-order chi connectivity index (χ1) is 15.7. The molecule has 2 heterocycles. The number of nitrogens with two attached hydrogens (primary N) is 1. The van der Waals surface area contributed by atoms with Crippen LogP contribution in [0.2, 0.25) is 0 Å². The van der Waals surface area contributed by atoms with E-state index < -0.39 is 24.4 Å². The van der Waals surface area contributed by atoms with Gasteiger partial charge in [-0.1, -0.05) is 6.07 Å². The van der Waals surface area contributed by atoms with Gasteiger partial charge in [0.1, 0.15) is 12.4 Å². The molecule has 1 aromatic heterocycles. The maximum atomic E-state index is 12.4. The van der Waals surface area contributed by atoms with Crippen molar-refractivity contribution in [3.8, 4) is 17.7 Å². The van der Waals surface area contributed by atoms with Crippen LogP contribution in [0, 0.1) is 18.3 Å². The molecule has 0 unspecified atom stereocenters. The largest absolute Gasteiger partial charge is 0.496 e. The van der Waals surface area contributed by atoms with Crippen molar-refractivity contribution in [2.45, 2.75) is 26.7 Å². The summed E-state index contributed by atoms with van der Waals surface area (Å²) < 4.78 is 11.3. The van der Waals surface area contributed by atoms with Gasteiger partial charge >= 0.3 is 5.97 Å². The molecule has 1 amide bonds. The number of benzene rings is 1. The second-order valence-electron chi connectivity index (χ2n) is 7.05. The molecule has 10 heteroatoms. The fraction of sp³-hybridized carbons (Fsp3) is 0.304. The summed E-state index contributed by atoms with van der Waals surface area (Å²) in [5, 5.41) is 27.5. The van der Waals surface area contributed by atoms with Gasteiger partial charge in [0.15, 0.2) is 0 Å². The molecule has 0 bridgehead atoms. The molecular formula is C23H26N4O6. The molecule has 1 atom stereocenters. The number of carboxylic acid groups (broad SMARTS) is 1. The van der Waals surface area contributed by atoms with E-state index in [1.807, 2.05) is 20.8 Å². The second-order valence-corrected chi connectivity index (χ2v) is 7.05. The number of pyridine rings is 1. The molecule has 0 radical (unpaired) electrons. The van der Waals surface area contributed by atoms with Gasteiger partial charge in [-0.05, 0) is 38.5 Å². The molecule has 1 aromatic carbocycles. The number of anilines is 1. The lowest BCUT2D eigenvalue weighted by Gasteiger charge is -2.32. The molecule has 1 aliphatic rings. The summed E-state index contributed by atoms with van der Waals surface area (Å²) in [6, 6.07) is 7.22. The predicted molar refractivity (Wildman–Crippen MR) is 120 cm³/mol. The molecule has 5 N–H and O–H groups in total. The van der Waals surface area contributed by atoms with Crippen molar-refractivity contribution in [1.82, 2.24) is 4.98 Å². The van der Waals surface area contributed by atoms with E-state index in [0.29, 0.717) is 40.6 Å². The Balaban J connectivity index is 0.000000696. The summed E-state index contributed by atoms with van der Waals surface area (Å²) in [5.74, 6) is -1.35. The zero-order valence-corrected chi connectivity index (χ0v) is 18.8. The average molecular weight is 454 g/mol. The SMILES string of the molecule is CCOc1ncc(C)c2c1[C@H](c1ccc(C#N)cc1OC)C(C(N)=O)=C(C)N2.O=C(O)CO. The first kappa shape index (κ1) is 25.2. The minimum atomic E-state index is -1.19. The van der Waals surface area contributed by atoms with Crippen molar-refractivity contribution in [3.63, 3.8) is 0 Å². The van der Waals surface area contributed by atoms with Crippen LogP contribution < -0.4 is 20.5 Å². The number of methoxy groups -OCH3 is 1. The fourth-order valence-corrected chi connectivity index (χ4v) is 3.57. The third kappa shape index (κ3) is 5.39. The van der Waals surface area contributed by atoms with Crippen LogP contribution in [-0.2, 0) is 9.59 Å². The number of aliphatic hydroxyl groups excluding tert-OH is 1. The highest BCUT2D eigenvalue weighted by atomic mass is 16.5. The highest BCUT2D eigenvalue weighted by Gasteiger charge is 2.36. The quantitative estimate of drug-likeness (QED) is 0.510. The molecule has 0 spiro atoms. The van der Waals surface area contributed by atoms with Gasteiger partial charge in [0, 0.05) is 23.0 Å². The number of carbonyl (C=O) groups excluding carboxylic acids is 1. The lowest BCUT2D eigenvalue weighted by molar-refractivity contribution is -0.140. The van der Waals surface area contributed by atoms with Crippen LogP contribution in [0.15, 0.2) is 35.7 Å². The number of carbonyl (C=O) groups is 2. The Bertz CT molecular complexity index is 1140. The lowest BCUT2D eigenvalue weighted by Crippen LogP contribution is -2.28. The number of nitriles is 1. The van der Waals surface area contributed by atoms with Crippen molar-refractivity contribution in [3.05, 3.63) is 57.9 Å². The Morgan fingerprint density at radius 2 is 2.00 bits per heavy atom. The predicted octanol–water partition coefficient (Wildman–Crippen LogP) is 2.05. The summed E-state index contributed by atoms with van der Waals surface area (Å²) in [6.45, 7) is 5.27. The van der Waals surface area contributed by atoms with E-state index in [0.717, 1.165) is 16.8 Å². The number of aliphatic hydroxyl groups is 1. The second kappa shape index (κ2) is 11.0. The summed E-state index contributed by atoms with van der Waals surface area (Å²) in [6.07, 6.45) is 1.73. The number of aliphatic carboxylic acids is 1. The number of primary amides is 1. The van der Waals surface area contributed by atoms with E-state index in [9.17, 15) is 10.1 Å². The third-order valence-corrected chi connectivity index (χ3v) is 4.92. The molecule has 0 fully saturated rings. The smallest absolute Gasteiger partial charge is 0.329 e. The number of amides is 1. The molecule has 3 rings (SSSR count). The number of nitrogens with one attached hydrogen (secondary N) is 1. The van der Waals surface area contributed by atoms with Crippen LogP contribution in [0.25, 0.3) is 0 Å². The molecule has 10 nitrogen and oxygen atoms in total. The van der Waals surface area contributed by atoms with E-state index in [2.05, 4.69) is 16.4 Å². The number of aryl methyl sites for hydroxylation is 1. The van der Waals surface area contributed by atoms with Crippen LogP contribution in [-0.4, -0.2) is 47.4 Å². The molecule has 0 saturated carbocycles. The van der Waals surface area contributed by atoms with Gasteiger partial charge in [-0.3, -0.25) is 4.79 Å². The Kier molecular flexibility index (Phi) is 8.36. The van der Waals surface area contributed by atoms with Crippen molar-refractivity contribution in [2.24, 2.45) is 5.73 Å². The Morgan fingerprint density at radius 3 is 2.52 bits per heavy atom.